The molecule has 0 amide bonds. The van der Waals surface area contributed by atoms with Crippen LogP contribution in [0, 0.1) is 0 Å². The number of unbranched alkanes of at least 4 members (excludes halogenated alkanes) is 1. The predicted molar refractivity (Wildman–Crippen MR) is 93.2 cm³/mol. The molecule has 21 heavy (non-hydrogen) atoms. The van der Waals surface area contributed by atoms with Crippen molar-refractivity contribution in [2.24, 2.45) is 0 Å². The van der Waals surface area contributed by atoms with Crippen molar-refractivity contribution in [3.8, 4) is 0 Å². The smallest absolute Gasteiger partial charge is 0.100 e. The lowest BCUT2D eigenvalue weighted by Gasteiger charge is -2.27. The van der Waals surface area contributed by atoms with Gasteiger partial charge in [0.2, 0.25) is 0 Å². The van der Waals surface area contributed by atoms with E-state index in [1.54, 1.807) is 0 Å². The average Bonchev–Trinajstić information content (AvgIpc) is 2.98. The molecule has 1 fully saturated rings. The quantitative estimate of drug-likeness (QED) is 0.647. The summed E-state index contributed by atoms with van der Waals surface area (Å²) in [6, 6.07) is 8.34. The standard InChI is InChI=1S/C16H29NO2Si.ClH/c1-2-3-13-20(15-16-6-4-10-19-16)14-5-7-17-8-11-18-12-9-17;/h4,6,10,20H,2-3,5,7-9,11-15H2,1H3;1H. The minimum Gasteiger partial charge on any atom is -0.470 e. The Balaban J connectivity index is 0.00000220. The molecule has 1 aliphatic heterocycles. The Bertz CT molecular complexity index is 342. The van der Waals surface area contributed by atoms with Crippen LogP contribution >= 0.6 is 12.4 Å². The van der Waals surface area contributed by atoms with E-state index in [4.69, 9.17) is 9.15 Å². The monoisotopic (exact) mass is 331 g/mol. The number of hydrogen-bond acceptors (Lipinski definition) is 3. The maximum absolute atomic E-state index is 5.55. The number of hydrogen-bond donors (Lipinski definition) is 0. The lowest BCUT2D eigenvalue weighted by atomic mass is 10.3. The van der Waals surface area contributed by atoms with Crippen LogP contribution in [0.4, 0.5) is 0 Å². The summed E-state index contributed by atoms with van der Waals surface area (Å²) in [5.74, 6) is 1.21. The molecule has 1 aliphatic rings. The Morgan fingerprint density at radius 2 is 1.95 bits per heavy atom. The summed E-state index contributed by atoms with van der Waals surface area (Å²) in [6.07, 6.45) is 5.90. The van der Waals surface area contributed by atoms with Gasteiger partial charge in [0, 0.05) is 21.9 Å². The molecule has 0 N–H and O–H groups in total. The highest BCUT2D eigenvalue weighted by Gasteiger charge is 2.15. The van der Waals surface area contributed by atoms with Gasteiger partial charge in [-0.05, 0) is 31.1 Å². The van der Waals surface area contributed by atoms with Gasteiger partial charge < -0.3 is 9.15 Å². The van der Waals surface area contributed by atoms with Gasteiger partial charge >= 0.3 is 0 Å². The molecule has 122 valence electrons. The number of morpholine rings is 1. The molecule has 0 aliphatic carbocycles. The van der Waals surface area contributed by atoms with Crippen LogP contribution in [0.2, 0.25) is 12.1 Å². The van der Waals surface area contributed by atoms with Gasteiger partial charge in [0.1, 0.15) is 5.76 Å². The zero-order chi connectivity index (χ0) is 14.0. The van der Waals surface area contributed by atoms with E-state index < -0.39 is 8.80 Å². The maximum Gasteiger partial charge on any atom is 0.100 e. The Morgan fingerprint density at radius 3 is 2.62 bits per heavy atom. The van der Waals surface area contributed by atoms with Gasteiger partial charge in [-0.1, -0.05) is 31.9 Å². The van der Waals surface area contributed by atoms with Gasteiger partial charge in [-0.15, -0.1) is 12.4 Å². The van der Waals surface area contributed by atoms with Crippen LogP contribution in [0.25, 0.3) is 0 Å². The molecule has 0 saturated carbocycles. The van der Waals surface area contributed by atoms with Gasteiger partial charge in [0.15, 0.2) is 0 Å². The van der Waals surface area contributed by atoms with E-state index in [1.165, 1.54) is 49.7 Å². The van der Waals surface area contributed by atoms with Crippen LogP contribution in [0.5, 0.6) is 0 Å². The molecule has 0 bridgehead atoms. The first-order valence-corrected chi connectivity index (χ1v) is 10.7. The highest BCUT2D eigenvalue weighted by Crippen LogP contribution is 2.15. The fourth-order valence-electron chi connectivity index (χ4n) is 2.98. The third-order valence-electron chi connectivity index (χ3n) is 4.23. The van der Waals surface area contributed by atoms with E-state index in [-0.39, 0.29) is 12.4 Å². The van der Waals surface area contributed by atoms with Gasteiger partial charge in [-0.2, -0.15) is 0 Å². The van der Waals surface area contributed by atoms with Crippen molar-refractivity contribution in [2.45, 2.75) is 44.3 Å². The van der Waals surface area contributed by atoms with Gasteiger partial charge in [-0.25, -0.2) is 0 Å². The molecule has 0 radical (unpaired) electrons. The molecule has 2 rings (SSSR count). The van der Waals surface area contributed by atoms with Crippen LogP contribution in [0.1, 0.15) is 31.9 Å². The summed E-state index contributed by atoms with van der Waals surface area (Å²) in [7, 11) is -0.668. The van der Waals surface area contributed by atoms with Gasteiger partial charge in [0.05, 0.1) is 19.5 Å². The fraction of sp³-hybridized carbons (Fsp3) is 0.750. The normalized spacial score (nSPS) is 17.4. The Morgan fingerprint density at radius 1 is 1.19 bits per heavy atom. The second-order valence-electron chi connectivity index (χ2n) is 5.89. The molecule has 1 saturated heterocycles. The largest absolute Gasteiger partial charge is 0.470 e. The average molecular weight is 332 g/mol. The molecule has 2 heterocycles. The number of rotatable bonds is 9. The van der Waals surface area contributed by atoms with Crippen LogP contribution in [-0.2, 0) is 10.8 Å². The van der Waals surface area contributed by atoms with E-state index >= 15 is 0 Å². The summed E-state index contributed by atoms with van der Waals surface area (Å²) >= 11 is 0. The number of ether oxygens (including phenoxy) is 1. The van der Waals surface area contributed by atoms with Crippen LogP contribution in [0.3, 0.4) is 0 Å². The Labute approximate surface area is 137 Å². The first-order valence-electron chi connectivity index (χ1n) is 8.21. The summed E-state index contributed by atoms with van der Waals surface area (Å²) < 4.78 is 11.0. The molecule has 0 aromatic carbocycles. The van der Waals surface area contributed by atoms with E-state index in [1.807, 2.05) is 12.3 Å². The predicted octanol–water partition coefficient (Wildman–Crippen LogP) is 3.53. The van der Waals surface area contributed by atoms with Crippen molar-refractivity contribution in [2.75, 3.05) is 32.8 Å². The molecule has 0 spiro atoms. The van der Waals surface area contributed by atoms with Crippen LogP contribution in [0.15, 0.2) is 22.8 Å². The van der Waals surface area contributed by atoms with E-state index in [9.17, 15) is 0 Å². The fourth-order valence-corrected chi connectivity index (χ4v) is 6.23. The minimum absolute atomic E-state index is 0. The van der Waals surface area contributed by atoms with E-state index in [0.29, 0.717) is 0 Å². The molecule has 1 aromatic rings. The topological polar surface area (TPSA) is 25.6 Å². The SMILES string of the molecule is CCCC[SiH](CCCN1CCOCC1)Cc1ccco1.Cl. The van der Waals surface area contributed by atoms with E-state index in [0.717, 1.165) is 26.3 Å². The third-order valence-corrected chi connectivity index (χ3v) is 7.66. The van der Waals surface area contributed by atoms with Crippen LogP contribution in [-0.4, -0.2) is 46.5 Å². The molecule has 1 atom stereocenters. The zero-order valence-corrected chi connectivity index (χ0v) is 15.2. The molecular weight excluding hydrogens is 302 g/mol. The number of halogens is 1. The third kappa shape index (κ3) is 7.50. The van der Waals surface area contributed by atoms with Crippen LogP contribution < -0.4 is 0 Å². The Kier molecular flexibility index (Phi) is 10.1. The highest BCUT2D eigenvalue weighted by atomic mass is 35.5. The second-order valence-corrected chi connectivity index (χ2v) is 9.18. The first kappa shape index (κ1) is 18.8. The lowest BCUT2D eigenvalue weighted by molar-refractivity contribution is 0.0380. The highest BCUT2D eigenvalue weighted by molar-refractivity contribution is 6.58. The molecular formula is C16H30ClNO2Si. The molecule has 3 nitrogen and oxygen atoms in total. The number of furan rings is 1. The van der Waals surface area contributed by atoms with Gasteiger partial charge in [0.25, 0.3) is 0 Å². The summed E-state index contributed by atoms with van der Waals surface area (Å²) in [5.41, 5.74) is 0. The maximum atomic E-state index is 5.55. The van der Waals surface area contributed by atoms with Crippen molar-refractivity contribution < 1.29 is 9.15 Å². The van der Waals surface area contributed by atoms with Crippen molar-refractivity contribution >= 4 is 21.2 Å². The molecule has 5 heteroatoms. The number of nitrogens with zero attached hydrogens (tertiary/aromatic N) is 1. The second kappa shape index (κ2) is 11.3. The first-order chi connectivity index (χ1) is 9.88. The summed E-state index contributed by atoms with van der Waals surface area (Å²) in [4.78, 5) is 2.56. The van der Waals surface area contributed by atoms with Crippen molar-refractivity contribution in [1.29, 1.82) is 0 Å². The summed E-state index contributed by atoms with van der Waals surface area (Å²) in [6.45, 7) is 7.65. The zero-order valence-electron chi connectivity index (χ0n) is 13.3. The van der Waals surface area contributed by atoms with Crippen molar-refractivity contribution in [3.63, 3.8) is 0 Å². The lowest BCUT2D eigenvalue weighted by Crippen LogP contribution is -2.37. The van der Waals surface area contributed by atoms with Gasteiger partial charge in [-0.3, -0.25) is 4.90 Å². The Hall–Kier alpha value is -0.293. The molecule has 1 aromatic heterocycles. The van der Waals surface area contributed by atoms with Crippen molar-refractivity contribution in [3.05, 3.63) is 24.2 Å². The minimum atomic E-state index is -0.668. The summed E-state index contributed by atoms with van der Waals surface area (Å²) in [5, 5.41) is 0. The molecule has 1 unspecified atom stereocenters. The van der Waals surface area contributed by atoms with E-state index in [2.05, 4.69) is 17.9 Å². The van der Waals surface area contributed by atoms with Crippen molar-refractivity contribution in [1.82, 2.24) is 4.90 Å².